The summed E-state index contributed by atoms with van der Waals surface area (Å²) in [7, 11) is 2.99. The Labute approximate surface area is 140 Å². The van der Waals surface area contributed by atoms with Crippen LogP contribution < -0.4 is 13.4 Å². The van der Waals surface area contributed by atoms with Crippen molar-refractivity contribution >= 4 is 38.0 Å². The zero-order chi connectivity index (χ0) is 15.2. The molecule has 0 aliphatic rings. The van der Waals surface area contributed by atoms with E-state index < -0.39 is 0 Å². The van der Waals surface area contributed by atoms with Gasteiger partial charge >= 0.3 is 12.0 Å². The molecule has 0 fully saturated rings. The molecule has 0 N–H and O–H groups in total. The van der Waals surface area contributed by atoms with Gasteiger partial charge in [-0.2, -0.15) is 9.97 Å². The van der Waals surface area contributed by atoms with Crippen LogP contribution >= 0.6 is 32.1 Å². The maximum absolute atomic E-state index is 5.04. The number of methoxy groups -OCH3 is 2. The molecule has 21 heavy (non-hydrogen) atoms. The summed E-state index contributed by atoms with van der Waals surface area (Å²) in [4.78, 5) is 12.4. The van der Waals surface area contributed by atoms with Crippen LogP contribution in [0.15, 0.2) is 30.3 Å². The fourth-order valence-electron chi connectivity index (χ4n) is 1.61. The van der Waals surface area contributed by atoms with Crippen LogP contribution in [0.2, 0.25) is 0 Å². The lowest BCUT2D eigenvalue weighted by Crippen LogP contribution is -2.18. The lowest BCUT2D eigenvalue weighted by molar-refractivity contribution is 0.340. The molecule has 0 amide bonds. The van der Waals surface area contributed by atoms with Crippen LogP contribution in [0.1, 0.15) is 10.4 Å². The highest BCUT2D eigenvalue weighted by Gasteiger charge is 2.17. The Kier molecular flexibility index (Phi) is 5.75. The minimum Gasteiger partial charge on any atom is -0.467 e. The molecule has 0 spiro atoms. The monoisotopic (exact) mass is 416 g/mol. The van der Waals surface area contributed by atoms with E-state index in [9.17, 15) is 0 Å². The van der Waals surface area contributed by atoms with Crippen LogP contribution in [0.25, 0.3) is 0 Å². The Balaban J connectivity index is 2.14. The Hall–Kier alpha value is -1.41. The third-order valence-electron chi connectivity index (χ3n) is 2.65. The first-order valence-corrected chi connectivity index (χ1v) is 7.73. The second-order valence-electron chi connectivity index (χ2n) is 4.03. The molecule has 2 aromatic rings. The lowest BCUT2D eigenvalue weighted by atomic mass is 10.1. The number of hydrogen-bond acceptors (Lipinski definition) is 6. The van der Waals surface area contributed by atoms with Crippen molar-refractivity contribution in [1.82, 2.24) is 15.0 Å². The summed E-state index contributed by atoms with van der Waals surface area (Å²) in [6.45, 7) is 0.611. The van der Waals surface area contributed by atoms with Crippen molar-refractivity contribution < 1.29 is 9.47 Å². The molecule has 0 saturated heterocycles. The fraction of sp³-hybridized carbons (Fsp3) is 0.308. The number of aromatic nitrogens is 3. The normalized spacial score (nSPS) is 11.8. The summed E-state index contributed by atoms with van der Waals surface area (Å²) in [6, 6.07) is 10.5. The SMILES string of the molecule is COc1nc(OC)nc(N(Br)CC(Br)c2ccccc2)n1. The average Bonchev–Trinajstić information content (AvgIpc) is 2.54. The molecule has 0 saturated carbocycles. The maximum atomic E-state index is 5.04. The highest BCUT2D eigenvalue weighted by molar-refractivity contribution is 9.10. The van der Waals surface area contributed by atoms with Crippen LogP contribution in [0.4, 0.5) is 5.95 Å². The molecule has 1 atom stereocenters. The van der Waals surface area contributed by atoms with Crippen LogP contribution in [0, 0.1) is 0 Å². The number of hydrogen-bond donors (Lipinski definition) is 0. The smallest absolute Gasteiger partial charge is 0.324 e. The Morgan fingerprint density at radius 2 is 1.62 bits per heavy atom. The molecule has 0 aliphatic heterocycles. The van der Waals surface area contributed by atoms with Crippen molar-refractivity contribution in [1.29, 1.82) is 0 Å². The fourth-order valence-corrected chi connectivity index (χ4v) is 3.04. The molecule has 1 unspecified atom stereocenters. The molecular weight excluding hydrogens is 404 g/mol. The largest absolute Gasteiger partial charge is 0.467 e. The van der Waals surface area contributed by atoms with Gasteiger partial charge in [0.1, 0.15) is 0 Å². The lowest BCUT2D eigenvalue weighted by Gasteiger charge is -2.18. The predicted octanol–water partition coefficient (Wildman–Crippen LogP) is 3.14. The molecule has 1 aromatic heterocycles. The summed E-state index contributed by atoms with van der Waals surface area (Å²) in [5.74, 6) is 0.416. The first-order chi connectivity index (χ1) is 10.1. The number of ether oxygens (including phenoxy) is 2. The van der Waals surface area contributed by atoms with Crippen LogP contribution in [-0.2, 0) is 0 Å². The topological polar surface area (TPSA) is 60.4 Å². The minimum absolute atomic E-state index is 0.117. The third kappa shape index (κ3) is 4.28. The first-order valence-electron chi connectivity index (χ1n) is 6.10. The molecule has 112 valence electrons. The van der Waals surface area contributed by atoms with E-state index in [1.54, 1.807) is 3.93 Å². The van der Waals surface area contributed by atoms with E-state index in [2.05, 4.69) is 59.2 Å². The van der Waals surface area contributed by atoms with Gasteiger partial charge in [0.05, 0.1) is 35.2 Å². The number of halogens is 2. The number of benzene rings is 1. The van der Waals surface area contributed by atoms with Crippen molar-refractivity contribution in [2.24, 2.45) is 0 Å². The van der Waals surface area contributed by atoms with Crippen LogP contribution in [0.5, 0.6) is 12.0 Å². The average molecular weight is 418 g/mol. The Morgan fingerprint density at radius 1 is 1.05 bits per heavy atom. The van der Waals surface area contributed by atoms with Gasteiger partial charge in [-0.1, -0.05) is 46.3 Å². The maximum Gasteiger partial charge on any atom is 0.324 e. The molecule has 0 bridgehead atoms. The highest BCUT2D eigenvalue weighted by atomic mass is 79.9. The number of anilines is 1. The van der Waals surface area contributed by atoms with Crippen molar-refractivity contribution in [2.45, 2.75) is 4.83 Å². The van der Waals surface area contributed by atoms with Gasteiger partial charge in [0, 0.05) is 6.54 Å². The summed E-state index contributed by atoms with van der Waals surface area (Å²) in [6.07, 6.45) is 0. The van der Waals surface area contributed by atoms with E-state index in [0.717, 1.165) is 5.56 Å². The number of rotatable bonds is 6. The zero-order valence-electron chi connectivity index (χ0n) is 11.5. The van der Waals surface area contributed by atoms with E-state index in [4.69, 9.17) is 9.47 Å². The summed E-state index contributed by atoms with van der Waals surface area (Å²) in [5.41, 5.74) is 1.16. The van der Waals surface area contributed by atoms with Gasteiger partial charge < -0.3 is 9.47 Å². The standard InChI is InChI=1S/C13H14Br2N4O2/c1-20-12-16-11(17-13(18-12)21-2)19(15)8-10(14)9-6-4-3-5-7-9/h3-7,10H,8H2,1-2H3. The first kappa shape index (κ1) is 16.0. The molecule has 1 aromatic carbocycles. The number of nitrogens with zero attached hydrogens (tertiary/aromatic N) is 4. The predicted molar refractivity (Wildman–Crippen MR) is 87.3 cm³/mol. The van der Waals surface area contributed by atoms with Gasteiger partial charge in [0.25, 0.3) is 0 Å². The van der Waals surface area contributed by atoms with E-state index in [1.165, 1.54) is 14.2 Å². The molecular formula is C13H14Br2N4O2. The third-order valence-corrected chi connectivity index (χ3v) is 4.07. The molecule has 0 radical (unpaired) electrons. The molecule has 1 heterocycles. The molecule has 2 rings (SSSR count). The van der Waals surface area contributed by atoms with E-state index >= 15 is 0 Å². The summed E-state index contributed by atoms with van der Waals surface area (Å²) in [5, 5.41) is 0. The van der Waals surface area contributed by atoms with Gasteiger partial charge in [0.15, 0.2) is 0 Å². The van der Waals surface area contributed by atoms with Gasteiger partial charge in [0.2, 0.25) is 5.95 Å². The van der Waals surface area contributed by atoms with Gasteiger partial charge in [-0.15, -0.1) is 4.98 Å². The molecule has 0 aliphatic carbocycles. The minimum atomic E-state index is 0.117. The summed E-state index contributed by atoms with van der Waals surface area (Å²) < 4.78 is 11.8. The van der Waals surface area contributed by atoms with Crippen molar-refractivity contribution in [3.05, 3.63) is 35.9 Å². The van der Waals surface area contributed by atoms with E-state index in [1.807, 2.05) is 18.2 Å². The Morgan fingerprint density at radius 3 is 2.14 bits per heavy atom. The Bertz CT molecular complexity index is 563. The summed E-state index contributed by atoms with van der Waals surface area (Å²) >= 11 is 7.10. The van der Waals surface area contributed by atoms with Gasteiger partial charge in [-0.05, 0) is 5.56 Å². The van der Waals surface area contributed by atoms with Crippen LogP contribution in [-0.4, -0.2) is 35.7 Å². The number of alkyl halides is 1. The molecule has 6 nitrogen and oxygen atoms in total. The van der Waals surface area contributed by atoms with Gasteiger partial charge in [-0.25, -0.2) is 0 Å². The quantitative estimate of drug-likeness (QED) is 0.531. The van der Waals surface area contributed by atoms with Crippen molar-refractivity contribution in [3.63, 3.8) is 0 Å². The van der Waals surface area contributed by atoms with E-state index in [-0.39, 0.29) is 16.8 Å². The van der Waals surface area contributed by atoms with Crippen molar-refractivity contribution in [3.8, 4) is 12.0 Å². The second kappa shape index (κ2) is 7.56. The van der Waals surface area contributed by atoms with Crippen LogP contribution in [0.3, 0.4) is 0 Å². The van der Waals surface area contributed by atoms with E-state index in [0.29, 0.717) is 12.5 Å². The highest BCUT2D eigenvalue weighted by Crippen LogP contribution is 2.27. The second-order valence-corrected chi connectivity index (χ2v) is 5.99. The molecule has 8 heteroatoms. The van der Waals surface area contributed by atoms with Crippen molar-refractivity contribution in [2.75, 3.05) is 24.7 Å². The van der Waals surface area contributed by atoms with Gasteiger partial charge in [-0.3, -0.25) is 3.93 Å². The zero-order valence-corrected chi connectivity index (χ0v) is 14.7.